The Morgan fingerprint density at radius 2 is 2.26 bits per heavy atom. The number of aliphatic carboxylic acids is 1. The highest BCUT2D eigenvalue weighted by Crippen LogP contribution is 2.15. The molecule has 0 saturated carbocycles. The summed E-state index contributed by atoms with van der Waals surface area (Å²) in [7, 11) is 0. The fourth-order valence-corrected chi connectivity index (χ4v) is 1.84. The molecule has 0 bridgehead atoms. The number of carbonyl (C=O) groups is 1. The van der Waals surface area contributed by atoms with Crippen LogP contribution in [-0.4, -0.2) is 16.6 Å². The van der Waals surface area contributed by atoms with Crippen molar-refractivity contribution >= 4 is 5.97 Å². The topological polar surface area (TPSA) is 73.1 Å². The van der Waals surface area contributed by atoms with Crippen LogP contribution in [0.2, 0.25) is 0 Å². The van der Waals surface area contributed by atoms with E-state index in [-0.39, 0.29) is 12.1 Å². The summed E-state index contributed by atoms with van der Waals surface area (Å²) in [5.74, 6) is -1.49. The average molecular weight is 264 g/mol. The summed E-state index contributed by atoms with van der Waals surface area (Å²) in [5, 5.41) is 20.9. The molecule has 0 aliphatic rings. The van der Waals surface area contributed by atoms with Gasteiger partial charge in [0.1, 0.15) is 17.4 Å². The summed E-state index contributed by atoms with van der Waals surface area (Å²) in [5.41, 5.74) is -0.371. The minimum atomic E-state index is -1.02. The molecule has 1 aromatic rings. The number of hydrogen-bond donors (Lipinski definition) is 2. The predicted octanol–water partition coefficient (Wildman–Crippen LogP) is 2.43. The molecule has 0 amide bonds. The minimum Gasteiger partial charge on any atom is -0.480 e. The van der Waals surface area contributed by atoms with Crippen LogP contribution in [-0.2, 0) is 11.3 Å². The molecule has 1 atom stereocenters. The van der Waals surface area contributed by atoms with Crippen LogP contribution in [0, 0.1) is 17.1 Å². The van der Waals surface area contributed by atoms with Gasteiger partial charge in [-0.05, 0) is 31.0 Å². The first kappa shape index (κ1) is 15.1. The minimum absolute atomic E-state index is 0.0354. The molecule has 102 valence electrons. The van der Waals surface area contributed by atoms with Gasteiger partial charge in [0.25, 0.3) is 0 Å². The Kier molecular flexibility index (Phi) is 5.02. The smallest absolute Gasteiger partial charge is 0.323 e. The van der Waals surface area contributed by atoms with Crippen LogP contribution in [0.4, 0.5) is 4.39 Å². The van der Waals surface area contributed by atoms with Crippen molar-refractivity contribution in [1.82, 2.24) is 5.32 Å². The SMILES string of the molecule is CCCC(C)(NCc1ccc(F)c(C#N)c1)C(=O)O. The van der Waals surface area contributed by atoms with Crippen LogP contribution in [0.15, 0.2) is 18.2 Å². The molecule has 4 nitrogen and oxygen atoms in total. The first-order valence-corrected chi connectivity index (χ1v) is 6.10. The van der Waals surface area contributed by atoms with Gasteiger partial charge in [-0.1, -0.05) is 19.4 Å². The van der Waals surface area contributed by atoms with Crippen molar-refractivity contribution in [2.24, 2.45) is 0 Å². The molecular formula is C14H17FN2O2. The normalized spacial score (nSPS) is 13.6. The van der Waals surface area contributed by atoms with Crippen molar-refractivity contribution < 1.29 is 14.3 Å². The molecule has 0 aliphatic heterocycles. The van der Waals surface area contributed by atoms with Crippen molar-refractivity contribution in [2.45, 2.75) is 38.8 Å². The molecule has 0 aromatic heterocycles. The van der Waals surface area contributed by atoms with Crippen LogP contribution >= 0.6 is 0 Å². The Labute approximate surface area is 111 Å². The summed E-state index contributed by atoms with van der Waals surface area (Å²) in [6, 6.07) is 5.94. The zero-order valence-electron chi connectivity index (χ0n) is 11.0. The number of nitrogens with zero attached hydrogens (tertiary/aromatic N) is 1. The van der Waals surface area contributed by atoms with E-state index in [1.807, 2.05) is 6.92 Å². The van der Waals surface area contributed by atoms with E-state index in [2.05, 4.69) is 5.32 Å². The number of rotatable bonds is 6. The Morgan fingerprint density at radius 3 is 2.79 bits per heavy atom. The predicted molar refractivity (Wildman–Crippen MR) is 68.9 cm³/mol. The highest BCUT2D eigenvalue weighted by Gasteiger charge is 2.31. The molecule has 2 N–H and O–H groups in total. The number of nitrogens with one attached hydrogen (secondary N) is 1. The van der Waals surface area contributed by atoms with Crippen LogP contribution in [0.1, 0.15) is 37.8 Å². The lowest BCUT2D eigenvalue weighted by Gasteiger charge is -2.26. The average Bonchev–Trinajstić information content (AvgIpc) is 2.38. The second-order valence-corrected chi connectivity index (χ2v) is 4.67. The zero-order chi connectivity index (χ0) is 14.5. The molecule has 0 spiro atoms. The lowest BCUT2D eigenvalue weighted by molar-refractivity contribution is -0.144. The van der Waals surface area contributed by atoms with Crippen LogP contribution in [0.25, 0.3) is 0 Å². The molecule has 5 heteroatoms. The Hall–Kier alpha value is -1.93. The second kappa shape index (κ2) is 6.30. The van der Waals surface area contributed by atoms with E-state index in [0.29, 0.717) is 12.0 Å². The number of benzene rings is 1. The number of nitriles is 1. The first-order valence-electron chi connectivity index (χ1n) is 6.10. The van der Waals surface area contributed by atoms with E-state index in [0.717, 1.165) is 6.42 Å². The van der Waals surface area contributed by atoms with Gasteiger partial charge >= 0.3 is 5.97 Å². The molecule has 1 aromatic carbocycles. The van der Waals surface area contributed by atoms with Gasteiger partial charge in [-0.2, -0.15) is 5.26 Å². The molecule has 19 heavy (non-hydrogen) atoms. The molecule has 0 radical (unpaired) electrons. The van der Waals surface area contributed by atoms with Gasteiger partial charge in [0.15, 0.2) is 0 Å². The zero-order valence-corrected chi connectivity index (χ0v) is 11.0. The van der Waals surface area contributed by atoms with Gasteiger partial charge in [0, 0.05) is 6.54 Å². The maximum Gasteiger partial charge on any atom is 0.323 e. The van der Waals surface area contributed by atoms with E-state index < -0.39 is 17.3 Å². The summed E-state index contributed by atoms with van der Waals surface area (Å²) in [4.78, 5) is 11.2. The van der Waals surface area contributed by atoms with Gasteiger partial charge in [0.05, 0.1) is 5.56 Å². The number of carboxylic acid groups (broad SMARTS) is 1. The summed E-state index contributed by atoms with van der Waals surface area (Å²) < 4.78 is 13.2. The van der Waals surface area contributed by atoms with Crippen molar-refractivity contribution in [3.05, 3.63) is 35.1 Å². The van der Waals surface area contributed by atoms with E-state index in [1.165, 1.54) is 18.2 Å². The van der Waals surface area contributed by atoms with Crippen LogP contribution < -0.4 is 5.32 Å². The van der Waals surface area contributed by atoms with Crippen molar-refractivity contribution in [3.63, 3.8) is 0 Å². The molecule has 1 unspecified atom stereocenters. The van der Waals surface area contributed by atoms with Crippen LogP contribution in [0.5, 0.6) is 0 Å². The van der Waals surface area contributed by atoms with Gasteiger partial charge < -0.3 is 5.11 Å². The van der Waals surface area contributed by atoms with E-state index in [9.17, 15) is 14.3 Å². The Bertz CT molecular complexity index is 511. The fraction of sp³-hybridized carbons (Fsp3) is 0.429. The maximum absolute atomic E-state index is 13.2. The third-order valence-corrected chi connectivity index (χ3v) is 3.06. The lowest BCUT2D eigenvalue weighted by Crippen LogP contribution is -2.48. The molecule has 1 rings (SSSR count). The number of halogens is 1. The quantitative estimate of drug-likeness (QED) is 0.827. The molecule has 0 fully saturated rings. The highest BCUT2D eigenvalue weighted by molar-refractivity contribution is 5.78. The molecular weight excluding hydrogens is 247 g/mol. The van der Waals surface area contributed by atoms with E-state index in [4.69, 9.17) is 5.26 Å². The summed E-state index contributed by atoms with van der Waals surface area (Å²) >= 11 is 0. The van der Waals surface area contributed by atoms with Gasteiger partial charge in [-0.15, -0.1) is 0 Å². The van der Waals surface area contributed by atoms with Gasteiger partial charge in [-0.25, -0.2) is 4.39 Å². The molecule has 0 aliphatic carbocycles. The van der Waals surface area contributed by atoms with Crippen LogP contribution in [0.3, 0.4) is 0 Å². The van der Waals surface area contributed by atoms with E-state index >= 15 is 0 Å². The number of hydrogen-bond acceptors (Lipinski definition) is 3. The Balaban J connectivity index is 2.81. The third kappa shape index (κ3) is 3.76. The lowest BCUT2D eigenvalue weighted by atomic mass is 9.96. The molecule has 0 saturated heterocycles. The maximum atomic E-state index is 13.2. The van der Waals surface area contributed by atoms with Crippen molar-refractivity contribution in [2.75, 3.05) is 0 Å². The fourth-order valence-electron chi connectivity index (χ4n) is 1.84. The Morgan fingerprint density at radius 1 is 1.58 bits per heavy atom. The summed E-state index contributed by atoms with van der Waals surface area (Å²) in [6.07, 6.45) is 1.23. The third-order valence-electron chi connectivity index (χ3n) is 3.06. The highest BCUT2D eigenvalue weighted by atomic mass is 19.1. The van der Waals surface area contributed by atoms with Gasteiger partial charge in [-0.3, -0.25) is 10.1 Å². The monoisotopic (exact) mass is 264 g/mol. The van der Waals surface area contributed by atoms with Crippen molar-refractivity contribution in [3.8, 4) is 6.07 Å². The largest absolute Gasteiger partial charge is 0.480 e. The molecule has 0 heterocycles. The summed E-state index contributed by atoms with van der Waals surface area (Å²) in [6.45, 7) is 3.81. The number of carboxylic acids is 1. The van der Waals surface area contributed by atoms with Crippen molar-refractivity contribution in [1.29, 1.82) is 5.26 Å². The standard InChI is InChI=1S/C14H17FN2O2/c1-3-6-14(2,13(18)19)17-9-10-4-5-12(15)11(7-10)8-16/h4-5,7,17H,3,6,9H2,1-2H3,(H,18,19). The van der Waals surface area contributed by atoms with E-state index in [1.54, 1.807) is 13.0 Å². The first-order chi connectivity index (χ1) is 8.92. The second-order valence-electron chi connectivity index (χ2n) is 4.67. The van der Waals surface area contributed by atoms with Gasteiger partial charge in [0.2, 0.25) is 0 Å².